The molecule has 0 unspecified atom stereocenters. The van der Waals surface area contributed by atoms with Crippen LogP contribution in [0.2, 0.25) is 5.02 Å². The summed E-state index contributed by atoms with van der Waals surface area (Å²) in [5.74, 6) is 1.23. The van der Waals surface area contributed by atoms with Gasteiger partial charge in [0.05, 0.1) is 5.69 Å². The van der Waals surface area contributed by atoms with Gasteiger partial charge in [-0.3, -0.25) is 0 Å². The fourth-order valence-corrected chi connectivity index (χ4v) is 3.20. The largest absolute Gasteiger partial charge is 0.361 e. The molecule has 0 spiro atoms. The van der Waals surface area contributed by atoms with E-state index < -0.39 is 0 Å². The maximum absolute atomic E-state index is 12.0. The first-order valence-corrected chi connectivity index (χ1v) is 8.64. The molecular weight excluding hydrogens is 326 g/mol. The Balaban J connectivity index is 1.37. The van der Waals surface area contributed by atoms with Crippen molar-refractivity contribution in [3.63, 3.8) is 0 Å². The Hall–Kier alpha value is -2.01. The normalized spacial score (nSPS) is 19.1. The summed E-state index contributed by atoms with van der Waals surface area (Å²) in [7, 11) is 0. The molecule has 1 aliphatic carbocycles. The molecule has 2 N–H and O–H groups in total. The summed E-state index contributed by atoms with van der Waals surface area (Å²) in [6.45, 7) is 4.48. The molecule has 2 amide bonds. The summed E-state index contributed by atoms with van der Waals surface area (Å²) in [5, 5.41) is 10.6. The van der Waals surface area contributed by atoms with Crippen molar-refractivity contribution in [1.82, 2.24) is 15.8 Å². The van der Waals surface area contributed by atoms with Crippen LogP contribution in [0.5, 0.6) is 0 Å². The van der Waals surface area contributed by atoms with Crippen molar-refractivity contribution in [3.8, 4) is 0 Å². The highest BCUT2D eigenvalue weighted by molar-refractivity contribution is 6.30. The van der Waals surface area contributed by atoms with E-state index in [1.54, 1.807) is 0 Å². The first-order chi connectivity index (χ1) is 11.5. The molecule has 0 radical (unpaired) electrons. The van der Waals surface area contributed by atoms with E-state index in [-0.39, 0.29) is 12.1 Å². The third kappa shape index (κ3) is 4.09. The SMILES string of the molecule is Cc1noc(C)c1CCCNC(=O)N[C@@H]1C[C@@H]1c1cccc(Cl)c1. The van der Waals surface area contributed by atoms with E-state index >= 15 is 0 Å². The molecule has 2 aromatic rings. The number of hydrogen-bond acceptors (Lipinski definition) is 3. The number of carbonyl (C=O) groups excluding carboxylic acids is 1. The highest BCUT2D eigenvalue weighted by Gasteiger charge is 2.39. The van der Waals surface area contributed by atoms with Gasteiger partial charge in [0.15, 0.2) is 0 Å². The fourth-order valence-electron chi connectivity index (χ4n) is 3.01. The summed E-state index contributed by atoms with van der Waals surface area (Å²) in [6, 6.07) is 7.92. The number of nitrogens with zero attached hydrogens (tertiary/aromatic N) is 1. The molecule has 3 rings (SSSR count). The molecule has 1 aromatic carbocycles. The predicted octanol–water partition coefficient (Wildman–Crippen LogP) is 3.73. The van der Waals surface area contributed by atoms with E-state index in [1.807, 2.05) is 32.0 Å². The molecule has 2 atom stereocenters. The second kappa shape index (κ2) is 7.26. The van der Waals surface area contributed by atoms with Crippen LogP contribution in [0, 0.1) is 13.8 Å². The topological polar surface area (TPSA) is 67.2 Å². The summed E-state index contributed by atoms with van der Waals surface area (Å²) >= 11 is 6.01. The zero-order valence-corrected chi connectivity index (χ0v) is 14.7. The zero-order valence-electron chi connectivity index (χ0n) is 13.9. The van der Waals surface area contributed by atoms with E-state index in [2.05, 4.69) is 21.9 Å². The van der Waals surface area contributed by atoms with Gasteiger partial charge >= 0.3 is 6.03 Å². The van der Waals surface area contributed by atoms with Crippen molar-refractivity contribution < 1.29 is 9.32 Å². The van der Waals surface area contributed by atoms with E-state index in [0.29, 0.717) is 12.5 Å². The Morgan fingerprint density at radius 1 is 1.42 bits per heavy atom. The van der Waals surface area contributed by atoms with E-state index in [0.717, 1.165) is 41.3 Å². The molecule has 1 aliphatic rings. The maximum atomic E-state index is 12.0. The van der Waals surface area contributed by atoms with Gasteiger partial charge in [-0.2, -0.15) is 0 Å². The Labute approximate surface area is 146 Å². The number of hydrogen-bond donors (Lipinski definition) is 2. The zero-order chi connectivity index (χ0) is 17.1. The van der Waals surface area contributed by atoms with Gasteiger partial charge in [-0.1, -0.05) is 28.9 Å². The quantitative estimate of drug-likeness (QED) is 0.782. The van der Waals surface area contributed by atoms with Crippen molar-refractivity contribution >= 4 is 17.6 Å². The van der Waals surface area contributed by atoms with Gasteiger partial charge in [0.1, 0.15) is 5.76 Å². The standard InChI is InChI=1S/C18H22ClN3O2/c1-11-15(12(2)24-22-11)7-4-8-20-18(23)21-17-10-16(17)13-5-3-6-14(19)9-13/h3,5-6,9,16-17H,4,7-8,10H2,1-2H3,(H2,20,21,23)/t16-,17-/m1/s1. The molecule has 1 fully saturated rings. The summed E-state index contributed by atoms with van der Waals surface area (Å²) in [5.41, 5.74) is 3.26. The molecule has 6 heteroatoms. The molecule has 1 saturated carbocycles. The van der Waals surface area contributed by atoms with Crippen LogP contribution in [0.1, 0.15) is 41.3 Å². The third-order valence-electron chi connectivity index (χ3n) is 4.45. The monoisotopic (exact) mass is 347 g/mol. The van der Waals surface area contributed by atoms with E-state index in [4.69, 9.17) is 16.1 Å². The fraction of sp³-hybridized carbons (Fsp3) is 0.444. The summed E-state index contributed by atoms with van der Waals surface area (Å²) in [4.78, 5) is 12.0. The molecule has 0 bridgehead atoms. The number of halogens is 1. The average Bonchev–Trinajstić information content (AvgIpc) is 3.24. The molecule has 1 aromatic heterocycles. The highest BCUT2D eigenvalue weighted by Crippen LogP contribution is 2.41. The first kappa shape index (κ1) is 16.8. The van der Waals surface area contributed by atoms with Gasteiger partial charge in [-0.25, -0.2) is 4.79 Å². The van der Waals surface area contributed by atoms with Crippen LogP contribution in [0.4, 0.5) is 4.79 Å². The van der Waals surface area contributed by atoms with Crippen LogP contribution in [-0.2, 0) is 6.42 Å². The number of aromatic nitrogens is 1. The van der Waals surface area contributed by atoms with Crippen molar-refractivity contribution in [2.75, 3.05) is 6.54 Å². The number of nitrogens with one attached hydrogen (secondary N) is 2. The predicted molar refractivity (Wildman–Crippen MR) is 93.4 cm³/mol. The maximum Gasteiger partial charge on any atom is 0.315 e. The van der Waals surface area contributed by atoms with Crippen LogP contribution in [0.25, 0.3) is 0 Å². The Kier molecular flexibility index (Phi) is 5.09. The van der Waals surface area contributed by atoms with E-state index in [9.17, 15) is 4.79 Å². The molecule has 1 heterocycles. The van der Waals surface area contributed by atoms with Crippen molar-refractivity contribution in [3.05, 3.63) is 51.9 Å². The molecule has 5 nitrogen and oxygen atoms in total. The number of benzene rings is 1. The number of amides is 2. The lowest BCUT2D eigenvalue weighted by atomic mass is 10.1. The lowest BCUT2D eigenvalue weighted by Crippen LogP contribution is -2.37. The number of carbonyl (C=O) groups is 1. The Morgan fingerprint density at radius 2 is 2.25 bits per heavy atom. The Morgan fingerprint density at radius 3 is 2.96 bits per heavy atom. The summed E-state index contributed by atoms with van der Waals surface area (Å²) < 4.78 is 5.14. The number of urea groups is 1. The van der Waals surface area contributed by atoms with Gasteiger partial charge in [0, 0.05) is 29.1 Å². The van der Waals surface area contributed by atoms with Crippen molar-refractivity contribution in [2.45, 2.75) is 45.1 Å². The number of aryl methyl sites for hydroxylation is 2. The first-order valence-electron chi connectivity index (χ1n) is 8.26. The highest BCUT2D eigenvalue weighted by atomic mass is 35.5. The van der Waals surface area contributed by atoms with Gasteiger partial charge in [0.2, 0.25) is 0 Å². The third-order valence-corrected chi connectivity index (χ3v) is 4.69. The minimum absolute atomic E-state index is 0.108. The molecule has 128 valence electrons. The van der Waals surface area contributed by atoms with Gasteiger partial charge in [-0.05, 0) is 50.8 Å². The van der Waals surface area contributed by atoms with Crippen molar-refractivity contribution in [1.29, 1.82) is 0 Å². The van der Waals surface area contributed by atoms with Crippen LogP contribution < -0.4 is 10.6 Å². The second-order valence-corrected chi connectivity index (χ2v) is 6.75. The minimum Gasteiger partial charge on any atom is -0.361 e. The van der Waals surface area contributed by atoms with Crippen molar-refractivity contribution in [2.24, 2.45) is 0 Å². The van der Waals surface area contributed by atoms with E-state index in [1.165, 1.54) is 5.56 Å². The Bertz CT molecular complexity index is 709. The number of rotatable bonds is 6. The van der Waals surface area contributed by atoms with Crippen LogP contribution in [0.3, 0.4) is 0 Å². The smallest absolute Gasteiger partial charge is 0.315 e. The molecule has 0 aliphatic heterocycles. The molecule has 0 saturated heterocycles. The molecular formula is C18H22ClN3O2. The lowest BCUT2D eigenvalue weighted by molar-refractivity contribution is 0.240. The summed E-state index contributed by atoms with van der Waals surface area (Å²) in [6.07, 6.45) is 2.68. The minimum atomic E-state index is -0.108. The second-order valence-electron chi connectivity index (χ2n) is 6.31. The van der Waals surface area contributed by atoms with Crippen LogP contribution in [-0.4, -0.2) is 23.8 Å². The van der Waals surface area contributed by atoms with Gasteiger partial charge < -0.3 is 15.2 Å². The van der Waals surface area contributed by atoms with Crippen LogP contribution >= 0.6 is 11.6 Å². The average molecular weight is 348 g/mol. The molecule has 24 heavy (non-hydrogen) atoms. The van der Waals surface area contributed by atoms with Crippen LogP contribution in [0.15, 0.2) is 28.8 Å². The van der Waals surface area contributed by atoms with Gasteiger partial charge in [-0.15, -0.1) is 0 Å². The lowest BCUT2D eigenvalue weighted by Gasteiger charge is -2.07. The van der Waals surface area contributed by atoms with Gasteiger partial charge in [0.25, 0.3) is 0 Å².